The normalized spacial score (nSPS) is 12.5. The summed E-state index contributed by atoms with van der Waals surface area (Å²) in [5.74, 6) is -3.12. The lowest BCUT2D eigenvalue weighted by atomic mass is 10.1. The molecule has 0 saturated heterocycles. The Morgan fingerprint density at radius 2 is 1.36 bits per heavy atom. The smallest absolute Gasteiger partial charge is 0.445 e. The van der Waals surface area contributed by atoms with Gasteiger partial charge in [0.25, 0.3) is 5.78 Å². The minimum absolute atomic E-state index is 0.0332. The summed E-state index contributed by atoms with van der Waals surface area (Å²) in [7, 11) is 0. The van der Waals surface area contributed by atoms with E-state index in [-0.39, 0.29) is 11.1 Å². The molecule has 3 nitrogen and oxygen atoms in total. The van der Waals surface area contributed by atoms with E-state index in [1.807, 2.05) is 0 Å². The van der Waals surface area contributed by atoms with Crippen molar-refractivity contribution >= 4 is 11.8 Å². The third kappa shape index (κ3) is 3.72. The molecule has 0 fully saturated rings. The lowest BCUT2D eigenvalue weighted by Gasteiger charge is -2.18. The van der Waals surface area contributed by atoms with Crippen LogP contribution in [0.15, 0.2) is 60.7 Å². The van der Waals surface area contributed by atoms with Crippen molar-refractivity contribution in [1.29, 1.82) is 0 Å². The van der Waals surface area contributed by atoms with E-state index in [0.717, 1.165) is 0 Å². The summed E-state index contributed by atoms with van der Waals surface area (Å²) in [6.45, 7) is 0. The van der Waals surface area contributed by atoms with Crippen LogP contribution >= 0.6 is 0 Å². The lowest BCUT2D eigenvalue weighted by Crippen LogP contribution is -2.32. The van der Waals surface area contributed by atoms with Gasteiger partial charge in [0, 0.05) is 5.56 Å². The summed E-state index contributed by atoms with van der Waals surface area (Å²) in [6, 6.07) is 14.6. The van der Waals surface area contributed by atoms with Crippen LogP contribution in [0, 0.1) is 0 Å². The molecule has 2 rings (SSSR count). The quantitative estimate of drug-likeness (QED) is 0.809. The van der Waals surface area contributed by atoms with Gasteiger partial charge in [0.2, 0.25) is 0 Å². The predicted octanol–water partition coefficient (Wildman–Crippen LogP) is 3.72. The average Bonchev–Trinajstić information content (AvgIpc) is 2.52. The number of hydrogen-bond acceptors (Lipinski definition) is 3. The van der Waals surface area contributed by atoms with Crippen molar-refractivity contribution in [2.24, 2.45) is 0 Å². The maximum absolute atomic E-state index is 12.7. The predicted molar refractivity (Wildman–Crippen MR) is 72.1 cm³/mol. The van der Waals surface area contributed by atoms with Crippen molar-refractivity contribution in [1.82, 2.24) is 0 Å². The van der Waals surface area contributed by atoms with Crippen molar-refractivity contribution < 1.29 is 27.5 Å². The zero-order valence-electron chi connectivity index (χ0n) is 11.2. The van der Waals surface area contributed by atoms with Gasteiger partial charge in [-0.15, -0.1) is 0 Å². The van der Waals surface area contributed by atoms with E-state index in [1.54, 1.807) is 24.3 Å². The molecular weight excluding hydrogens is 297 g/mol. The highest BCUT2D eigenvalue weighted by atomic mass is 19.4. The summed E-state index contributed by atoms with van der Waals surface area (Å²) in [5.41, 5.74) is 0.0347. The number of carbonyl (C=O) groups excluding carboxylic acids is 2. The van der Waals surface area contributed by atoms with Crippen LogP contribution in [-0.4, -0.2) is 17.9 Å². The Hall–Kier alpha value is -2.63. The molecule has 0 spiro atoms. The van der Waals surface area contributed by atoms with Crippen LogP contribution in [0.3, 0.4) is 0 Å². The lowest BCUT2D eigenvalue weighted by molar-refractivity contribution is -0.180. The molecule has 0 radical (unpaired) electrons. The molecule has 0 aliphatic rings. The molecule has 0 aromatic heterocycles. The number of esters is 1. The zero-order chi connectivity index (χ0) is 16.2. The number of carbonyl (C=O) groups is 2. The number of ketones is 1. The van der Waals surface area contributed by atoms with Gasteiger partial charge in [-0.1, -0.05) is 48.5 Å². The number of benzene rings is 2. The molecule has 0 heterocycles. The SMILES string of the molecule is O=C(OC(C(=O)C(F)(F)F)c1ccccc1)c1ccccc1. The number of alkyl halides is 3. The maximum atomic E-state index is 12.7. The summed E-state index contributed by atoms with van der Waals surface area (Å²) in [6.07, 6.45) is -7.12. The Kier molecular flexibility index (Phi) is 4.60. The second kappa shape index (κ2) is 6.43. The van der Waals surface area contributed by atoms with Gasteiger partial charge in [-0.3, -0.25) is 4.79 Å². The first-order valence-electron chi connectivity index (χ1n) is 6.31. The third-order valence-corrected chi connectivity index (χ3v) is 2.85. The van der Waals surface area contributed by atoms with E-state index in [1.165, 1.54) is 36.4 Å². The molecule has 114 valence electrons. The van der Waals surface area contributed by atoms with Crippen molar-refractivity contribution in [2.45, 2.75) is 12.3 Å². The topological polar surface area (TPSA) is 43.4 Å². The second-order valence-corrected chi connectivity index (χ2v) is 4.42. The molecule has 0 aliphatic carbocycles. The van der Waals surface area contributed by atoms with Crippen LogP contribution in [0.25, 0.3) is 0 Å². The summed E-state index contributed by atoms with van der Waals surface area (Å²) in [4.78, 5) is 23.4. The fraction of sp³-hybridized carbons (Fsp3) is 0.125. The molecule has 0 bridgehead atoms. The fourth-order valence-electron chi connectivity index (χ4n) is 1.80. The molecule has 2 aromatic carbocycles. The van der Waals surface area contributed by atoms with E-state index >= 15 is 0 Å². The highest BCUT2D eigenvalue weighted by Crippen LogP contribution is 2.29. The standard InChI is InChI=1S/C16H11F3O3/c17-16(18,19)14(20)13(11-7-3-1-4-8-11)22-15(21)12-9-5-2-6-10-12/h1-10,13H. The molecule has 0 amide bonds. The van der Waals surface area contributed by atoms with Gasteiger partial charge in [0.15, 0.2) is 6.10 Å². The van der Waals surface area contributed by atoms with Crippen LogP contribution in [0.5, 0.6) is 0 Å². The number of rotatable bonds is 4. The molecule has 0 N–H and O–H groups in total. The first-order valence-corrected chi connectivity index (χ1v) is 6.31. The molecule has 22 heavy (non-hydrogen) atoms. The molecule has 0 aliphatic heterocycles. The van der Waals surface area contributed by atoms with Gasteiger partial charge in [-0.2, -0.15) is 13.2 Å². The van der Waals surface area contributed by atoms with Gasteiger partial charge >= 0.3 is 12.1 Å². The first-order chi connectivity index (χ1) is 10.4. The largest absolute Gasteiger partial charge is 0.454 e. The van der Waals surface area contributed by atoms with Gasteiger partial charge in [0.05, 0.1) is 5.56 Å². The van der Waals surface area contributed by atoms with Gasteiger partial charge < -0.3 is 4.74 Å². The van der Waals surface area contributed by atoms with Gasteiger partial charge in [-0.05, 0) is 12.1 Å². The highest BCUT2D eigenvalue weighted by molar-refractivity contribution is 5.95. The minimum Gasteiger partial charge on any atom is -0.445 e. The Morgan fingerprint density at radius 3 is 1.86 bits per heavy atom. The van der Waals surface area contributed by atoms with Crippen molar-refractivity contribution in [3.8, 4) is 0 Å². The molecule has 1 atom stereocenters. The van der Waals surface area contributed by atoms with Crippen LogP contribution in [0.2, 0.25) is 0 Å². The molecule has 2 aromatic rings. The Labute approximate surface area is 124 Å². The molecule has 6 heteroatoms. The molecular formula is C16H11F3O3. The Bertz CT molecular complexity index is 651. The second-order valence-electron chi connectivity index (χ2n) is 4.42. The monoisotopic (exact) mass is 308 g/mol. The minimum atomic E-state index is -5.10. The van der Waals surface area contributed by atoms with Crippen molar-refractivity contribution in [2.75, 3.05) is 0 Å². The van der Waals surface area contributed by atoms with Crippen LogP contribution in [-0.2, 0) is 9.53 Å². The average molecular weight is 308 g/mol. The number of halogens is 3. The first kappa shape index (κ1) is 15.8. The number of Topliss-reactive ketones (excluding diaryl/α,β-unsaturated/α-hetero) is 1. The van der Waals surface area contributed by atoms with Crippen molar-refractivity contribution in [3.63, 3.8) is 0 Å². The van der Waals surface area contributed by atoms with E-state index in [0.29, 0.717) is 0 Å². The number of ether oxygens (including phenoxy) is 1. The van der Waals surface area contributed by atoms with Gasteiger partial charge in [-0.25, -0.2) is 4.79 Å². The molecule has 0 saturated carbocycles. The van der Waals surface area contributed by atoms with Gasteiger partial charge in [0.1, 0.15) is 0 Å². The maximum Gasteiger partial charge on any atom is 0.454 e. The fourth-order valence-corrected chi connectivity index (χ4v) is 1.80. The Balaban J connectivity index is 2.30. The summed E-state index contributed by atoms with van der Waals surface area (Å²) in [5, 5.41) is 0. The van der Waals surface area contributed by atoms with Crippen LogP contribution < -0.4 is 0 Å². The Morgan fingerprint density at radius 1 is 0.864 bits per heavy atom. The van der Waals surface area contributed by atoms with E-state index in [4.69, 9.17) is 4.74 Å². The van der Waals surface area contributed by atoms with E-state index in [9.17, 15) is 22.8 Å². The van der Waals surface area contributed by atoms with Crippen LogP contribution in [0.1, 0.15) is 22.0 Å². The van der Waals surface area contributed by atoms with Crippen LogP contribution in [0.4, 0.5) is 13.2 Å². The van der Waals surface area contributed by atoms with E-state index in [2.05, 4.69) is 0 Å². The summed E-state index contributed by atoms with van der Waals surface area (Å²) >= 11 is 0. The number of hydrogen-bond donors (Lipinski definition) is 0. The summed E-state index contributed by atoms with van der Waals surface area (Å²) < 4.78 is 42.9. The highest BCUT2D eigenvalue weighted by Gasteiger charge is 2.46. The third-order valence-electron chi connectivity index (χ3n) is 2.85. The zero-order valence-corrected chi connectivity index (χ0v) is 11.2. The van der Waals surface area contributed by atoms with E-state index < -0.39 is 24.0 Å². The molecule has 1 unspecified atom stereocenters. The van der Waals surface area contributed by atoms with Crippen molar-refractivity contribution in [3.05, 3.63) is 71.8 Å².